The zero-order valence-electron chi connectivity index (χ0n) is 13.3. The van der Waals surface area contributed by atoms with Crippen molar-refractivity contribution in [1.29, 1.82) is 5.26 Å². The van der Waals surface area contributed by atoms with Crippen LogP contribution < -0.4 is 5.32 Å². The SMILES string of the molecule is CN(C)C[C@H]1CN(CC(=O)N[C@@](C)(C#N)C2CC2)CCO1. The molecule has 1 N–H and O–H groups in total. The number of ether oxygens (including phenoxy) is 1. The molecule has 0 aromatic rings. The number of carbonyl (C=O) groups excluding carboxylic acids is 1. The minimum absolute atomic E-state index is 0.0588. The molecule has 0 spiro atoms. The van der Waals surface area contributed by atoms with Gasteiger partial charge in [-0.05, 0) is 39.8 Å². The molecular weight excluding hydrogens is 268 g/mol. The molecule has 2 rings (SSSR count). The summed E-state index contributed by atoms with van der Waals surface area (Å²) in [6.45, 7) is 5.22. The summed E-state index contributed by atoms with van der Waals surface area (Å²) in [5, 5.41) is 12.2. The number of nitrogens with zero attached hydrogens (tertiary/aromatic N) is 3. The van der Waals surface area contributed by atoms with E-state index in [9.17, 15) is 10.1 Å². The van der Waals surface area contributed by atoms with Crippen molar-refractivity contribution < 1.29 is 9.53 Å². The highest BCUT2D eigenvalue weighted by Gasteiger charge is 2.43. The standard InChI is InChI=1S/C15H26N4O2/c1-15(11-16,12-4-5-12)17-14(20)10-19-6-7-21-13(9-19)8-18(2)3/h12-13H,4-10H2,1-3H3,(H,17,20)/t13-,15-/m0/s1. The van der Waals surface area contributed by atoms with Crippen LogP contribution >= 0.6 is 0 Å². The first-order chi connectivity index (χ1) is 9.93. The fourth-order valence-corrected chi connectivity index (χ4v) is 2.86. The average Bonchev–Trinajstić information content (AvgIpc) is 3.22. The van der Waals surface area contributed by atoms with Crippen molar-refractivity contribution in [1.82, 2.24) is 15.1 Å². The molecule has 0 aromatic heterocycles. The van der Waals surface area contributed by atoms with E-state index in [1.165, 1.54) is 0 Å². The van der Waals surface area contributed by atoms with Gasteiger partial charge < -0.3 is 15.0 Å². The van der Waals surface area contributed by atoms with Crippen LogP contribution in [-0.2, 0) is 9.53 Å². The van der Waals surface area contributed by atoms with Gasteiger partial charge in [-0.2, -0.15) is 5.26 Å². The fourth-order valence-electron chi connectivity index (χ4n) is 2.86. The molecule has 2 aliphatic rings. The maximum absolute atomic E-state index is 12.2. The monoisotopic (exact) mass is 294 g/mol. The number of rotatable bonds is 6. The highest BCUT2D eigenvalue weighted by Crippen LogP contribution is 2.39. The van der Waals surface area contributed by atoms with E-state index in [1.54, 1.807) is 0 Å². The maximum atomic E-state index is 12.2. The van der Waals surface area contributed by atoms with Crippen LogP contribution in [0.3, 0.4) is 0 Å². The van der Waals surface area contributed by atoms with Gasteiger partial charge in [0.1, 0.15) is 5.54 Å². The Kier molecular flexibility index (Phi) is 5.20. The molecule has 118 valence electrons. The van der Waals surface area contributed by atoms with Gasteiger partial charge in [0.15, 0.2) is 0 Å². The first-order valence-corrected chi connectivity index (χ1v) is 7.64. The van der Waals surface area contributed by atoms with Crippen LogP contribution in [0.4, 0.5) is 0 Å². The zero-order chi connectivity index (χ0) is 15.5. The van der Waals surface area contributed by atoms with Gasteiger partial charge in [-0.3, -0.25) is 9.69 Å². The minimum atomic E-state index is -0.702. The Morgan fingerprint density at radius 3 is 2.81 bits per heavy atom. The van der Waals surface area contributed by atoms with Crippen LogP contribution in [-0.4, -0.2) is 74.2 Å². The summed E-state index contributed by atoms with van der Waals surface area (Å²) in [6.07, 6.45) is 2.21. The van der Waals surface area contributed by atoms with Crippen molar-refractivity contribution in [2.75, 3.05) is 46.9 Å². The molecule has 1 aliphatic carbocycles. The number of amides is 1. The number of carbonyl (C=O) groups is 1. The van der Waals surface area contributed by atoms with Crippen LogP contribution in [0.1, 0.15) is 19.8 Å². The van der Waals surface area contributed by atoms with E-state index in [0.717, 1.165) is 32.5 Å². The summed E-state index contributed by atoms with van der Waals surface area (Å²) in [4.78, 5) is 16.4. The summed E-state index contributed by atoms with van der Waals surface area (Å²) >= 11 is 0. The lowest BCUT2D eigenvalue weighted by molar-refractivity contribution is -0.125. The number of nitrogens with one attached hydrogen (secondary N) is 1. The van der Waals surface area contributed by atoms with Gasteiger partial charge >= 0.3 is 0 Å². The summed E-state index contributed by atoms with van der Waals surface area (Å²) in [5.74, 6) is 0.258. The zero-order valence-corrected chi connectivity index (χ0v) is 13.3. The molecule has 0 unspecified atom stereocenters. The van der Waals surface area contributed by atoms with Crippen LogP contribution in [0, 0.1) is 17.2 Å². The molecule has 1 saturated heterocycles. The quantitative estimate of drug-likeness (QED) is 0.750. The molecule has 0 radical (unpaired) electrons. The second-order valence-corrected chi connectivity index (χ2v) is 6.63. The van der Waals surface area contributed by atoms with Crippen LogP contribution in [0.5, 0.6) is 0 Å². The molecule has 1 amide bonds. The summed E-state index contributed by atoms with van der Waals surface area (Å²) in [7, 11) is 4.03. The molecule has 0 aromatic carbocycles. The molecule has 1 saturated carbocycles. The number of morpholine rings is 1. The number of hydrogen-bond acceptors (Lipinski definition) is 5. The Morgan fingerprint density at radius 2 is 2.24 bits per heavy atom. The highest BCUT2D eigenvalue weighted by atomic mass is 16.5. The van der Waals surface area contributed by atoms with Crippen LogP contribution in [0.25, 0.3) is 0 Å². The van der Waals surface area contributed by atoms with Crippen molar-refractivity contribution in [2.24, 2.45) is 5.92 Å². The summed E-state index contributed by atoms with van der Waals surface area (Å²) in [5.41, 5.74) is -0.702. The largest absolute Gasteiger partial charge is 0.374 e. The van der Waals surface area contributed by atoms with Gasteiger partial charge in [0.25, 0.3) is 0 Å². The molecule has 0 bridgehead atoms. The molecule has 21 heavy (non-hydrogen) atoms. The van der Waals surface area contributed by atoms with E-state index in [2.05, 4.69) is 21.2 Å². The van der Waals surface area contributed by atoms with Crippen molar-refractivity contribution in [3.63, 3.8) is 0 Å². The third-order valence-corrected chi connectivity index (χ3v) is 4.18. The minimum Gasteiger partial charge on any atom is -0.374 e. The second kappa shape index (κ2) is 6.73. The van der Waals surface area contributed by atoms with Crippen molar-refractivity contribution in [2.45, 2.75) is 31.4 Å². The number of nitriles is 1. The van der Waals surface area contributed by atoms with E-state index in [-0.39, 0.29) is 12.0 Å². The van der Waals surface area contributed by atoms with E-state index in [4.69, 9.17) is 4.74 Å². The molecule has 1 heterocycles. The van der Waals surface area contributed by atoms with E-state index in [1.807, 2.05) is 21.0 Å². The van der Waals surface area contributed by atoms with Crippen molar-refractivity contribution in [3.05, 3.63) is 0 Å². The Bertz CT molecular complexity index is 416. The lowest BCUT2D eigenvalue weighted by Gasteiger charge is -2.34. The van der Waals surface area contributed by atoms with Crippen LogP contribution in [0.2, 0.25) is 0 Å². The van der Waals surface area contributed by atoms with Gasteiger partial charge in [-0.15, -0.1) is 0 Å². The maximum Gasteiger partial charge on any atom is 0.235 e. The Balaban J connectivity index is 1.80. The van der Waals surface area contributed by atoms with Gasteiger partial charge in [0, 0.05) is 19.6 Å². The smallest absolute Gasteiger partial charge is 0.235 e. The number of hydrogen-bond donors (Lipinski definition) is 1. The first kappa shape index (κ1) is 16.2. The predicted octanol–water partition coefficient (Wildman–Crippen LogP) is 0.0573. The lowest BCUT2D eigenvalue weighted by atomic mass is 9.98. The molecule has 2 atom stereocenters. The van der Waals surface area contributed by atoms with Crippen molar-refractivity contribution >= 4 is 5.91 Å². The lowest BCUT2D eigenvalue weighted by Crippen LogP contribution is -2.53. The van der Waals surface area contributed by atoms with Crippen LogP contribution in [0.15, 0.2) is 0 Å². The molecular formula is C15H26N4O2. The fraction of sp³-hybridized carbons (Fsp3) is 0.867. The topological polar surface area (TPSA) is 68.6 Å². The summed E-state index contributed by atoms with van der Waals surface area (Å²) < 4.78 is 5.70. The highest BCUT2D eigenvalue weighted by molar-refractivity contribution is 5.79. The first-order valence-electron chi connectivity index (χ1n) is 7.64. The van der Waals surface area contributed by atoms with Crippen molar-refractivity contribution in [3.8, 4) is 6.07 Å². The van der Waals surface area contributed by atoms with Gasteiger partial charge in [0.2, 0.25) is 5.91 Å². The number of likely N-dealkylation sites (N-methyl/N-ethyl adjacent to an activating group) is 1. The van der Waals surface area contributed by atoms with E-state index in [0.29, 0.717) is 19.1 Å². The molecule has 1 aliphatic heterocycles. The van der Waals surface area contributed by atoms with Gasteiger partial charge in [-0.1, -0.05) is 0 Å². The third kappa shape index (κ3) is 4.67. The van der Waals surface area contributed by atoms with Gasteiger partial charge in [-0.25, -0.2) is 0 Å². The second-order valence-electron chi connectivity index (χ2n) is 6.63. The third-order valence-electron chi connectivity index (χ3n) is 4.18. The normalized spacial score (nSPS) is 26.1. The van der Waals surface area contributed by atoms with Gasteiger partial charge in [0.05, 0.1) is 25.3 Å². The average molecular weight is 294 g/mol. The Morgan fingerprint density at radius 1 is 1.52 bits per heavy atom. The van der Waals surface area contributed by atoms with E-state index < -0.39 is 5.54 Å². The van der Waals surface area contributed by atoms with E-state index >= 15 is 0 Å². The predicted molar refractivity (Wildman–Crippen MR) is 79.6 cm³/mol. The Labute approximate surface area is 127 Å². The Hall–Kier alpha value is -1.16. The molecule has 6 heteroatoms. The molecule has 2 fully saturated rings. The molecule has 6 nitrogen and oxygen atoms in total. The summed E-state index contributed by atoms with van der Waals surface area (Å²) in [6, 6.07) is 2.26.